The predicted molar refractivity (Wildman–Crippen MR) is 77.3 cm³/mol. The van der Waals surface area contributed by atoms with Crippen molar-refractivity contribution in [2.45, 2.75) is 57.9 Å². The smallest absolute Gasteiger partial charge is 0.298 e. The van der Waals surface area contributed by atoms with E-state index >= 15 is 0 Å². The van der Waals surface area contributed by atoms with Gasteiger partial charge in [0.15, 0.2) is 0 Å². The van der Waals surface area contributed by atoms with Crippen LogP contribution in [0.5, 0.6) is 0 Å². The van der Waals surface area contributed by atoms with E-state index in [-0.39, 0.29) is 17.9 Å². The van der Waals surface area contributed by atoms with Crippen molar-refractivity contribution in [1.82, 2.24) is 15.1 Å². The van der Waals surface area contributed by atoms with E-state index in [4.69, 9.17) is 4.42 Å². The molecule has 3 rings (SSSR count). The molecule has 1 amide bonds. The molecule has 2 atom stereocenters. The molecule has 5 nitrogen and oxygen atoms in total. The van der Waals surface area contributed by atoms with Gasteiger partial charge >= 0.3 is 0 Å². The largest absolute Gasteiger partial charge is 0.425 e. The standard InChI is InChI=1S/C16H21N3O2/c1-3-14-17-18-16(21-14)13-5-4-10-19(11(13)2)15(20)9-8-12-6-7-12/h11-13H,3-7,10H2,1-2H3/t11-,13-/m0/s1. The Morgan fingerprint density at radius 1 is 1.38 bits per heavy atom. The number of piperidine rings is 1. The average molecular weight is 287 g/mol. The first-order chi connectivity index (χ1) is 10.2. The van der Waals surface area contributed by atoms with Gasteiger partial charge in [0.2, 0.25) is 11.8 Å². The van der Waals surface area contributed by atoms with Gasteiger partial charge in [0.25, 0.3) is 5.91 Å². The van der Waals surface area contributed by atoms with E-state index in [1.54, 1.807) is 0 Å². The molecule has 2 heterocycles. The Morgan fingerprint density at radius 2 is 2.19 bits per heavy atom. The third-order valence-corrected chi connectivity index (χ3v) is 4.31. The summed E-state index contributed by atoms with van der Waals surface area (Å²) in [7, 11) is 0. The summed E-state index contributed by atoms with van der Waals surface area (Å²) in [5, 5.41) is 8.18. The maximum atomic E-state index is 12.3. The lowest BCUT2D eigenvalue weighted by molar-refractivity contribution is -0.128. The van der Waals surface area contributed by atoms with E-state index in [1.807, 2.05) is 11.8 Å². The van der Waals surface area contributed by atoms with Crippen LogP contribution in [0, 0.1) is 17.8 Å². The van der Waals surface area contributed by atoms with Crippen LogP contribution in [0.2, 0.25) is 0 Å². The average Bonchev–Trinajstić information content (AvgIpc) is 3.21. The zero-order chi connectivity index (χ0) is 14.8. The van der Waals surface area contributed by atoms with Crippen molar-refractivity contribution in [1.29, 1.82) is 0 Å². The van der Waals surface area contributed by atoms with E-state index in [0.717, 1.165) is 38.6 Å². The maximum Gasteiger partial charge on any atom is 0.298 e. The van der Waals surface area contributed by atoms with Gasteiger partial charge in [-0.3, -0.25) is 4.79 Å². The van der Waals surface area contributed by atoms with Crippen molar-refractivity contribution >= 4 is 5.91 Å². The fourth-order valence-electron chi connectivity index (χ4n) is 2.78. The normalized spacial score (nSPS) is 25.3. The van der Waals surface area contributed by atoms with E-state index in [9.17, 15) is 4.79 Å². The second-order valence-electron chi connectivity index (χ2n) is 5.92. The number of aromatic nitrogens is 2. The van der Waals surface area contributed by atoms with Crippen LogP contribution in [-0.4, -0.2) is 33.6 Å². The molecule has 1 saturated heterocycles. The summed E-state index contributed by atoms with van der Waals surface area (Å²) in [4.78, 5) is 14.1. The fourth-order valence-corrected chi connectivity index (χ4v) is 2.78. The molecule has 0 bridgehead atoms. The minimum absolute atomic E-state index is 0.0601. The Balaban J connectivity index is 1.72. The van der Waals surface area contributed by atoms with Gasteiger partial charge in [0.1, 0.15) is 0 Å². The highest BCUT2D eigenvalue weighted by atomic mass is 16.4. The van der Waals surface area contributed by atoms with Crippen molar-refractivity contribution in [2.75, 3.05) is 6.54 Å². The van der Waals surface area contributed by atoms with Crippen LogP contribution in [0.4, 0.5) is 0 Å². The fraction of sp³-hybridized carbons (Fsp3) is 0.688. The highest BCUT2D eigenvalue weighted by Crippen LogP contribution is 2.32. The molecule has 1 aromatic rings. The summed E-state index contributed by atoms with van der Waals surface area (Å²) in [6.07, 6.45) is 4.95. The SMILES string of the molecule is CCc1nnc([C@H]2CCCN(C(=O)C#CC3CC3)[C@H]2C)o1. The number of nitrogens with zero attached hydrogens (tertiary/aromatic N) is 3. The van der Waals surface area contributed by atoms with Crippen LogP contribution < -0.4 is 0 Å². The molecule has 2 fully saturated rings. The second-order valence-corrected chi connectivity index (χ2v) is 5.92. The van der Waals surface area contributed by atoms with Gasteiger partial charge in [-0.2, -0.15) is 0 Å². The lowest BCUT2D eigenvalue weighted by Gasteiger charge is -2.36. The molecule has 21 heavy (non-hydrogen) atoms. The lowest BCUT2D eigenvalue weighted by Crippen LogP contribution is -2.45. The van der Waals surface area contributed by atoms with Crippen LogP contribution in [0.1, 0.15) is 57.2 Å². The summed E-state index contributed by atoms with van der Waals surface area (Å²) < 4.78 is 5.68. The minimum atomic E-state index is -0.0608. The highest BCUT2D eigenvalue weighted by Gasteiger charge is 2.34. The molecule has 2 aliphatic rings. The number of hydrogen-bond acceptors (Lipinski definition) is 4. The predicted octanol–water partition coefficient (Wildman–Crippen LogP) is 2.14. The number of carbonyl (C=O) groups is 1. The number of amides is 1. The number of aryl methyl sites for hydroxylation is 1. The molecular formula is C16H21N3O2. The first kappa shape index (κ1) is 14.1. The van der Waals surface area contributed by atoms with Crippen LogP contribution in [-0.2, 0) is 11.2 Å². The number of hydrogen-bond donors (Lipinski definition) is 0. The Labute approximate surface area is 125 Å². The van der Waals surface area contributed by atoms with E-state index in [1.165, 1.54) is 0 Å². The van der Waals surface area contributed by atoms with Crippen molar-refractivity contribution in [3.8, 4) is 11.8 Å². The van der Waals surface area contributed by atoms with E-state index in [0.29, 0.717) is 17.7 Å². The summed E-state index contributed by atoms with van der Waals surface area (Å²) in [6, 6.07) is 0.0601. The molecule has 1 aliphatic heterocycles. The Kier molecular flexibility index (Phi) is 3.96. The van der Waals surface area contributed by atoms with Gasteiger partial charge in [0.05, 0.1) is 5.92 Å². The van der Waals surface area contributed by atoms with Crippen LogP contribution >= 0.6 is 0 Å². The molecule has 112 valence electrons. The lowest BCUT2D eigenvalue weighted by atomic mass is 9.90. The Hall–Kier alpha value is -1.83. The van der Waals surface area contributed by atoms with Gasteiger partial charge in [-0.25, -0.2) is 0 Å². The number of rotatable bonds is 2. The summed E-state index contributed by atoms with van der Waals surface area (Å²) in [5.41, 5.74) is 0. The topological polar surface area (TPSA) is 59.2 Å². The molecule has 1 aliphatic carbocycles. The summed E-state index contributed by atoms with van der Waals surface area (Å²) in [6.45, 7) is 4.81. The Morgan fingerprint density at radius 3 is 2.86 bits per heavy atom. The van der Waals surface area contributed by atoms with Crippen molar-refractivity contribution in [3.05, 3.63) is 11.8 Å². The third kappa shape index (κ3) is 3.10. The molecule has 0 spiro atoms. The second kappa shape index (κ2) is 5.88. The van der Waals surface area contributed by atoms with Crippen LogP contribution in [0.3, 0.4) is 0 Å². The molecule has 1 aromatic heterocycles. The van der Waals surface area contributed by atoms with Gasteiger partial charge in [-0.1, -0.05) is 12.8 Å². The van der Waals surface area contributed by atoms with Gasteiger partial charge in [0, 0.05) is 24.9 Å². The minimum Gasteiger partial charge on any atom is -0.425 e. The first-order valence-electron chi connectivity index (χ1n) is 7.83. The van der Waals surface area contributed by atoms with E-state index < -0.39 is 0 Å². The highest BCUT2D eigenvalue weighted by molar-refractivity contribution is 5.94. The Bertz CT molecular complexity index is 580. The first-order valence-corrected chi connectivity index (χ1v) is 7.83. The van der Waals surface area contributed by atoms with E-state index in [2.05, 4.69) is 29.0 Å². The van der Waals surface area contributed by atoms with Gasteiger partial charge in [-0.05, 0) is 38.5 Å². The molecule has 1 saturated carbocycles. The monoisotopic (exact) mass is 287 g/mol. The number of carbonyl (C=O) groups excluding carboxylic acids is 1. The quantitative estimate of drug-likeness (QED) is 0.782. The van der Waals surface area contributed by atoms with Crippen LogP contribution in [0.15, 0.2) is 4.42 Å². The van der Waals surface area contributed by atoms with Crippen molar-refractivity contribution < 1.29 is 9.21 Å². The third-order valence-electron chi connectivity index (χ3n) is 4.31. The number of likely N-dealkylation sites (tertiary alicyclic amines) is 1. The molecule has 0 radical (unpaired) electrons. The van der Waals surface area contributed by atoms with Crippen molar-refractivity contribution in [3.63, 3.8) is 0 Å². The summed E-state index contributed by atoms with van der Waals surface area (Å²) >= 11 is 0. The zero-order valence-electron chi connectivity index (χ0n) is 12.6. The van der Waals surface area contributed by atoms with Crippen molar-refractivity contribution in [2.24, 2.45) is 5.92 Å². The molecular weight excluding hydrogens is 266 g/mol. The summed E-state index contributed by atoms with van der Waals surface area (Å²) in [5.74, 6) is 7.69. The molecule has 5 heteroatoms. The van der Waals surface area contributed by atoms with Gasteiger partial charge in [-0.15, -0.1) is 10.2 Å². The van der Waals surface area contributed by atoms with Crippen LogP contribution in [0.25, 0.3) is 0 Å². The molecule has 0 N–H and O–H groups in total. The molecule has 0 aromatic carbocycles. The van der Waals surface area contributed by atoms with Gasteiger partial charge < -0.3 is 9.32 Å². The maximum absolute atomic E-state index is 12.3. The zero-order valence-corrected chi connectivity index (χ0v) is 12.6. The molecule has 0 unspecified atom stereocenters.